The average Bonchev–Trinajstić information content (AvgIpc) is 3.24. The van der Waals surface area contributed by atoms with Gasteiger partial charge < -0.3 is 29.6 Å². The van der Waals surface area contributed by atoms with Crippen LogP contribution in [0.1, 0.15) is 0 Å². The summed E-state index contributed by atoms with van der Waals surface area (Å²) in [7, 11) is 1.61. The number of fused-ring (bicyclic) bond motifs is 1. The molecule has 0 unspecified atom stereocenters. The van der Waals surface area contributed by atoms with Crippen molar-refractivity contribution in [3.05, 3.63) is 48.8 Å². The molecule has 0 spiro atoms. The lowest BCUT2D eigenvalue weighted by Gasteiger charge is -2.36. The topological polar surface area (TPSA) is 82.7 Å². The van der Waals surface area contributed by atoms with Crippen LogP contribution >= 0.6 is 0 Å². The first-order valence-corrected chi connectivity index (χ1v) is 9.70. The number of ether oxygens (including phenoxy) is 2. The van der Waals surface area contributed by atoms with Gasteiger partial charge in [0.25, 0.3) is 0 Å². The Kier molecular flexibility index (Phi) is 5.81. The number of amides is 2. The molecule has 0 radical (unpaired) electrons. The third-order valence-corrected chi connectivity index (χ3v) is 5.02. The number of nitrogens with zero attached hydrogens (tertiary/aromatic N) is 3. The van der Waals surface area contributed by atoms with E-state index in [9.17, 15) is 4.79 Å². The largest absolute Gasteiger partial charge is 0.474 e. The molecule has 2 N–H and O–H groups in total. The van der Waals surface area contributed by atoms with Crippen molar-refractivity contribution < 1.29 is 14.3 Å². The van der Waals surface area contributed by atoms with Crippen LogP contribution in [0.25, 0.3) is 10.9 Å². The lowest BCUT2D eigenvalue weighted by molar-refractivity contribution is 0.144. The van der Waals surface area contributed by atoms with E-state index in [1.807, 2.05) is 11.1 Å². The second kappa shape index (κ2) is 8.83. The van der Waals surface area contributed by atoms with Crippen molar-refractivity contribution in [2.24, 2.45) is 0 Å². The van der Waals surface area contributed by atoms with Gasteiger partial charge in [-0.15, -0.1) is 0 Å². The van der Waals surface area contributed by atoms with Crippen LogP contribution in [0.4, 0.5) is 16.2 Å². The van der Waals surface area contributed by atoms with Gasteiger partial charge in [0, 0.05) is 62.3 Å². The summed E-state index contributed by atoms with van der Waals surface area (Å²) in [6.07, 6.45) is 3.59. The number of H-pyrrole nitrogens is 1. The maximum Gasteiger partial charge on any atom is 0.322 e. The van der Waals surface area contributed by atoms with E-state index in [0.29, 0.717) is 37.9 Å². The quantitative estimate of drug-likeness (QED) is 0.627. The van der Waals surface area contributed by atoms with Gasteiger partial charge in [-0.3, -0.25) is 0 Å². The molecule has 3 heterocycles. The molecule has 152 valence electrons. The fourth-order valence-electron chi connectivity index (χ4n) is 3.51. The molecule has 4 rings (SSSR count). The number of pyridine rings is 1. The molecule has 1 aliphatic heterocycles. The van der Waals surface area contributed by atoms with Crippen LogP contribution in [0.5, 0.6) is 5.88 Å². The number of benzene rings is 1. The fourth-order valence-corrected chi connectivity index (χ4v) is 3.51. The molecule has 8 heteroatoms. The normalized spacial score (nSPS) is 14.2. The Hall–Kier alpha value is -3.26. The molecule has 0 atom stereocenters. The highest BCUT2D eigenvalue weighted by molar-refractivity contribution is 5.93. The summed E-state index contributed by atoms with van der Waals surface area (Å²) in [6.45, 7) is 3.68. The Morgan fingerprint density at radius 2 is 2.00 bits per heavy atom. The summed E-state index contributed by atoms with van der Waals surface area (Å²) in [5.74, 6) is 0.399. The van der Waals surface area contributed by atoms with Gasteiger partial charge in [-0.05, 0) is 30.3 Å². The molecular weight excluding hydrogens is 370 g/mol. The molecule has 0 saturated carbocycles. The highest BCUT2D eigenvalue weighted by Gasteiger charge is 2.23. The van der Waals surface area contributed by atoms with Crippen LogP contribution in [0.15, 0.2) is 48.8 Å². The molecule has 2 amide bonds. The lowest BCUT2D eigenvalue weighted by atomic mass is 10.2. The molecule has 1 aliphatic rings. The molecule has 2 aromatic heterocycles. The van der Waals surface area contributed by atoms with E-state index >= 15 is 0 Å². The summed E-state index contributed by atoms with van der Waals surface area (Å²) < 4.78 is 10.6. The van der Waals surface area contributed by atoms with Gasteiger partial charge in [-0.25, -0.2) is 9.78 Å². The van der Waals surface area contributed by atoms with Crippen molar-refractivity contribution in [2.75, 3.05) is 56.7 Å². The average molecular weight is 395 g/mol. The third-order valence-electron chi connectivity index (χ3n) is 5.02. The Labute approximate surface area is 169 Å². The monoisotopic (exact) mass is 395 g/mol. The number of carbonyl (C=O) groups is 1. The SMILES string of the molecule is COCCOc1ncccc1NC(=O)N1CCN(c2cccc3[nH]ccc23)CC1. The van der Waals surface area contributed by atoms with Gasteiger partial charge in [0.1, 0.15) is 12.3 Å². The van der Waals surface area contributed by atoms with Crippen molar-refractivity contribution >= 4 is 28.3 Å². The third kappa shape index (κ3) is 4.27. The minimum atomic E-state index is -0.144. The molecular formula is C21H25N5O3. The summed E-state index contributed by atoms with van der Waals surface area (Å²) >= 11 is 0. The van der Waals surface area contributed by atoms with Crippen LogP contribution in [-0.2, 0) is 4.74 Å². The number of piperazine rings is 1. The van der Waals surface area contributed by atoms with E-state index in [0.717, 1.165) is 18.6 Å². The number of carbonyl (C=O) groups excluding carboxylic acids is 1. The maximum atomic E-state index is 12.7. The van der Waals surface area contributed by atoms with Crippen LogP contribution in [0, 0.1) is 0 Å². The highest BCUT2D eigenvalue weighted by atomic mass is 16.5. The number of hydrogen-bond donors (Lipinski definition) is 2. The van der Waals surface area contributed by atoms with Crippen molar-refractivity contribution in [3.63, 3.8) is 0 Å². The van der Waals surface area contributed by atoms with E-state index < -0.39 is 0 Å². The predicted octanol–water partition coefficient (Wildman–Crippen LogP) is 2.94. The van der Waals surface area contributed by atoms with Gasteiger partial charge in [0.2, 0.25) is 5.88 Å². The van der Waals surface area contributed by atoms with Gasteiger partial charge in [0.05, 0.1) is 6.61 Å². The van der Waals surface area contributed by atoms with E-state index in [4.69, 9.17) is 9.47 Å². The van der Waals surface area contributed by atoms with Gasteiger partial charge >= 0.3 is 6.03 Å². The Bertz CT molecular complexity index is 966. The Balaban J connectivity index is 1.37. The fraction of sp³-hybridized carbons (Fsp3) is 0.333. The Morgan fingerprint density at radius 1 is 1.14 bits per heavy atom. The molecule has 8 nitrogen and oxygen atoms in total. The molecule has 3 aromatic rings. The molecule has 0 aliphatic carbocycles. The summed E-state index contributed by atoms with van der Waals surface area (Å²) in [5, 5.41) is 4.13. The van der Waals surface area contributed by atoms with E-state index in [2.05, 4.69) is 44.5 Å². The van der Waals surface area contributed by atoms with Crippen LogP contribution < -0.4 is 15.0 Å². The minimum absolute atomic E-state index is 0.144. The van der Waals surface area contributed by atoms with Crippen molar-refractivity contribution in [3.8, 4) is 5.88 Å². The first-order chi connectivity index (χ1) is 14.3. The highest BCUT2D eigenvalue weighted by Crippen LogP contribution is 2.27. The van der Waals surface area contributed by atoms with Crippen LogP contribution in [0.2, 0.25) is 0 Å². The summed E-state index contributed by atoms with van der Waals surface area (Å²) in [5.41, 5.74) is 2.89. The van der Waals surface area contributed by atoms with Crippen LogP contribution in [-0.4, -0.2) is 67.4 Å². The van der Waals surface area contributed by atoms with Crippen molar-refractivity contribution in [2.45, 2.75) is 0 Å². The van der Waals surface area contributed by atoms with Gasteiger partial charge in [0.15, 0.2) is 0 Å². The molecule has 0 bridgehead atoms. The standard InChI is InChI=1S/C21H25N5O3/c1-28-14-15-29-20-18(5-3-8-23-20)24-21(27)26-12-10-25(11-13-26)19-6-2-4-17-16(19)7-9-22-17/h2-9,22H,10-15H2,1H3,(H,24,27). The maximum absolute atomic E-state index is 12.7. The second-order valence-corrected chi connectivity index (χ2v) is 6.82. The van der Waals surface area contributed by atoms with Gasteiger partial charge in [-0.1, -0.05) is 6.07 Å². The number of methoxy groups -OCH3 is 1. The lowest BCUT2D eigenvalue weighted by Crippen LogP contribution is -2.50. The Morgan fingerprint density at radius 3 is 2.83 bits per heavy atom. The smallest absolute Gasteiger partial charge is 0.322 e. The van der Waals surface area contributed by atoms with Gasteiger partial charge in [-0.2, -0.15) is 0 Å². The number of nitrogens with one attached hydrogen (secondary N) is 2. The van der Waals surface area contributed by atoms with E-state index in [1.54, 1.807) is 25.4 Å². The first kappa shape index (κ1) is 19.1. The molecule has 1 aromatic carbocycles. The first-order valence-electron chi connectivity index (χ1n) is 9.70. The zero-order valence-corrected chi connectivity index (χ0v) is 16.4. The van der Waals surface area contributed by atoms with Crippen molar-refractivity contribution in [1.82, 2.24) is 14.9 Å². The van der Waals surface area contributed by atoms with Crippen LogP contribution in [0.3, 0.4) is 0 Å². The van der Waals surface area contributed by atoms with E-state index in [-0.39, 0.29) is 6.03 Å². The zero-order valence-electron chi connectivity index (χ0n) is 16.4. The summed E-state index contributed by atoms with van der Waals surface area (Å²) in [6, 6.07) is 11.8. The zero-order chi connectivity index (χ0) is 20.1. The number of hydrogen-bond acceptors (Lipinski definition) is 5. The number of rotatable bonds is 6. The predicted molar refractivity (Wildman–Crippen MR) is 113 cm³/mol. The van der Waals surface area contributed by atoms with E-state index in [1.165, 1.54) is 11.1 Å². The molecule has 1 saturated heterocycles. The number of urea groups is 1. The number of anilines is 2. The number of aromatic nitrogens is 2. The van der Waals surface area contributed by atoms with Crippen molar-refractivity contribution in [1.29, 1.82) is 0 Å². The summed E-state index contributed by atoms with van der Waals surface area (Å²) in [4.78, 5) is 24.3. The second-order valence-electron chi connectivity index (χ2n) is 6.82. The molecule has 1 fully saturated rings. The number of aromatic amines is 1. The minimum Gasteiger partial charge on any atom is -0.474 e. The molecule has 29 heavy (non-hydrogen) atoms.